The highest BCUT2D eigenvalue weighted by Crippen LogP contribution is 2.35. The number of H-pyrrole nitrogens is 1. The van der Waals surface area contributed by atoms with Crippen LogP contribution in [0, 0.1) is 0 Å². The van der Waals surface area contributed by atoms with E-state index in [2.05, 4.69) is 65.4 Å². The normalized spacial score (nSPS) is 19.2. The summed E-state index contributed by atoms with van der Waals surface area (Å²) in [4.78, 5) is 5.89. The molecule has 0 amide bonds. The summed E-state index contributed by atoms with van der Waals surface area (Å²) in [6.07, 6.45) is 4.50. The summed E-state index contributed by atoms with van der Waals surface area (Å²) < 4.78 is 5.65. The van der Waals surface area contributed by atoms with Crippen LogP contribution in [-0.2, 0) is 6.54 Å². The molecule has 1 aliphatic heterocycles. The third kappa shape index (κ3) is 2.68. The molecule has 0 saturated carbocycles. The Kier molecular flexibility index (Phi) is 3.69. The van der Waals surface area contributed by atoms with E-state index in [1.54, 1.807) is 0 Å². The quantitative estimate of drug-likeness (QED) is 0.765. The first-order valence-electron chi connectivity index (χ1n) is 8.48. The molecule has 4 heteroatoms. The largest absolute Gasteiger partial charge is 0.361 e. The molecule has 0 aliphatic carbocycles. The second-order valence-electron chi connectivity index (χ2n) is 6.80. The maximum atomic E-state index is 5.65. The molecular formula is C19H23N3O. The van der Waals surface area contributed by atoms with E-state index in [1.807, 2.05) is 0 Å². The van der Waals surface area contributed by atoms with E-state index in [-0.39, 0.29) is 0 Å². The molecule has 0 radical (unpaired) electrons. The Bertz CT molecular complexity index is 802. The van der Waals surface area contributed by atoms with Crippen molar-refractivity contribution in [2.45, 2.75) is 45.2 Å². The number of fused-ring (bicyclic) bond motifs is 1. The van der Waals surface area contributed by atoms with Crippen LogP contribution in [0.15, 0.2) is 41.1 Å². The molecule has 1 fully saturated rings. The van der Waals surface area contributed by atoms with Gasteiger partial charge in [-0.2, -0.15) is 0 Å². The number of likely N-dealkylation sites (tertiary alicyclic amines) is 1. The van der Waals surface area contributed by atoms with Crippen LogP contribution < -0.4 is 0 Å². The molecule has 0 spiro atoms. The predicted molar refractivity (Wildman–Crippen MR) is 91.3 cm³/mol. The summed E-state index contributed by atoms with van der Waals surface area (Å²) in [5.74, 6) is 1.43. The van der Waals surface area contributed by atoms with Crippen LogP contribution >= 0.6 is 0 Å². The molecular weight excluding hydrogens is 286 g/mol. The molecule has 3 heterocycles. The van der Waals surface area contributed by atoms with Crippen LogP contribution in [0.5, 0.6) is 0 Å². The molecule has 1 saturated heterocycles. The Morgan fingerprint density at radius 1 is 1.35 bits per heavy atom. The van der Waals surface area contributed by atoms with Gasteiger partial charge in [-0.1, -0.05) is 37.2 Å². The van der Waals surface area contributed by atoms with E-state index < -0.39 is 0 Å². The number of aromatic nitrogens is 2. The summed E-state index contributed by atoms with van der Waals surface area (Å²) in [6, 6.07) is 11.0. The first-order chi connectivity index (χ1) is 11.2. The predicted octanol–water partition coefficient (Wildman–Crippen LogP) is 4.62. The van der Waals surface area contributed by atoms with E-state index in [0.29, 0.717) is 12.0 Å². The van der Waals surface area contributed by atoms with Gasteiger partial charge >= 0.3 is 0 Å². The van der Waals surface area contributed by atoms with E-state index in [9.17, 15) is 0 Å². The van der Waals surface area contributed by atoms with Crippen molar-refractivity contribution in [1.29, 1.82) is 0 Å². The highest BCUT2D eigenvalue weighted by Gasteiger charge is 2.30. The van der Waals surface area contributed by atoms with Crippen LogP contribution in [-0.4, -0.2) is 21.6 Å². The Morgan fingerprint density at radius 3 is 3.04 bits per heavy atom. The molecule has 1 aliphatic rings. The van der Waals surface area contributed by atoms with E-state index in [1.165, 1.54) is 22.9 Å². The SMILES string of the molecule is CC(C)c1cc([C@H]2CCCN2Cc2c[nH]c3ccccc23)on1. The first kappa shape index (κ1) is 14.5. The second-order valence-corrected chi connectivity index (χ2v) is 6.80. The highest BCUT2D eigenvalue weighted by molar-refractivity contribution is 5.82. The van der Waals surface area contributed by atoms with Gasteiger partial charge in [-0.3, -0.25) is 4.90 Å². The maximum absolute atomic E-state index is 5.65. The van der Waals surface area contributed by atoms with Gasteiger partial charge in [0, 0.05) is 29.7 Å². The third-order valence-corrected chi connectivity index (χ3v) is 4.88. The number of nitrogens with zero attached hydrogens (tertiary/aromatic N) is 2. The lowest BCUT2D eigenvalue weighted by atomic mass is 10.1. The zero-order chi connectivity index (χ0) is 15.8. The molecule has 1 aromatic carbocycles. The number of nitrogens with one attached hydrogen (secondary N) is 1. The molecule has 2 aromatic heterocycles. The number of aromatic amines is 1. The lowest BCUT2D eigenvalue weighted by molar-refractivity contribution is 0.207. The van der Waals surface area contributed by atoms with Gasteiger partial charge in [-0.05, 0) is 36.9 Å². The zero-order valence-corrected chi connectivity index (χ0v) is 13.7. The van der Waals surface area contributed by atoms with Crippen molar-refractivity contribution in [3.63, 3.8) is 0 Å². The number of hydrogen-bond donors (Lipinski definition) is 1. The van der Waals surface area contributed by atoms with Gasteiger partial charge < -0.3 is 9.51 Å². The molecule has 120 valence electrons. The smallest absolute Gasteiger partial charge is 0.154 e. The topological polar surface area (TPSA) is 45.1 Å². The minimum absolute atomic E-state index is 0.351. The van der Waals surface area contributed by atoms with Gasteiger partial charge in [-0.25, -0.2) is 0 Å². The molecule has 23 heavy (non-hydrogen) atoms. The van der Waals surface area contributed by atoms with E-state index >= 15 is 0 Å². The summed E-state index contributed by atoms with van der Waals surface area (Å²) in [5.41, 5.74) is 3.62. The molecule has 4 nitrogen and oxygen atoms in total. The first-order valence-corrected chi connectivity index (χ1v) is 8.48. The summed E-state index contributed by atoms with van der Waals surface area (Å²) >= 11 is 0. The van der Waals surface area contributed by atoms with Crippen molar-refractivity contribution in [2.24, 2.45) is 0 Å². The van der Waals surface area contributed by atoms with Crippen LogP contribution in [0.2, 0.25) is 0 Å². The number of rotatable bonds is 4. The van der Waals surface area contributed by atoms with Crippen LogP contribution in [0.25, 0.3) is 10.9 Å². The number of para-hydroxylation sites is 1. The van der Waals surface area contributed by atoms with Gasteiger partial charge in [0.15, 0.2) is 5.76 Å². The average molecular weight is 309 g/mol. The minimum atomic E-state index is 0.351. The van der Waals surface area contributed by atoms with Crippen molar-refractivity contribution < 1.29 is 4.52 Å². The summed E-state index contributed by atoms with van der Waals surface area (Å²) in [6.45, 7) is 6.37. The minimum Gasteiger partial charge on any atom is -0.361 e. The van der Waals surface area contributed by atoms with Gasteiger partial charge in [0.1, 0.15) is 0 Å². The standard InChI is InChI=1S/C19H23N3O/c1-13(2)17-10-19(23-21-17)18-8-5-9-22(18)12-14-11-20-16-7-4-3-6-15(14)16/h3-4,6-7,10-11,13,18,20H,5,8-9,12H2,1-2H3/t18-/m1/s1. The van der Waals surface area contributed by atoms with Crippen molar-refractivity contribution in [3.8, 4) is 0 Å². The van der Waals surface area contributed by atoms with Crippen molar-refractivity contribution in [1.82, 2.24) is 15.0 Å². The molecule has 3 aromatic rings. The van der Waals surface area contributed by atoms with Crippen molar-refractivity contribution >= 4 is 10.9 Å². The van der Waals surface area contributed by atoms with Gasteiger partial charge in [0.05, 0.1) is 11.7 Å². The lowest BCUT2D eigenvalue weighted by Gasteiger charge is -2.21. The number of hydrogen-bond acceptors (Lipinski definition) is 3. The summed E-state index contributed by atoms with van der Waals surface area (Å²) in [7, 11) is 0. The van der Waals surface area contributed by atoms with E-state index in [4.69, 9.17) is 4.52 Å². The van der Waals surface area contributed by atoms with Gasteiger partial charge in [0.25, 0.3) is 0 Å². The molecule has 1 atom stereocenters. The Hall–Kier alpha value is -2.07. The Morgan fingerprint density at radius 2 is 2.22 bits per heavy atom. The van der Waals surface area contributed by atoms with Gasteiger partial charge in [0.2, 0.25) is 0 Å². The fourth-order valence-electron chi connectivity index (χ4n) is 3.55. The molecule has 0 unspecified atom stereocenters. The fourth-order valence-corrected chi connectivity index (χ4v) is 3.55. The monoisotopic (exact) mass is 309 g/mol. The lowest BCUT2D eigenvalue weighted by Crippen LogP contribution is -2.22. The maximum Gasteiger partial charge on any atom is 0.154 e. The number of benzene rings is 1. The second kappa shape index (κ2) is 5.85. The summed E-state index contributed by atoms with van der Waals surface area (Å²) in [5, 5.41) is 5.55. The Balaban J connectivity index is 1.58. The highest BCUT2D eigenvalue weighted by atomic mass is 16.5. The van der Waals surface area contributed by atoms with Crippen molar-refractivity contribution in [3.05, 3.63) is 53.5 Å². The molecule has 4 rings (SSSR count). The van der Waals surface area contributed by atoms with E-state index in [0.717, 1.165) is 31.0 Å². The Labute approximate surface area is 136 Å². The van der Waals surface area contributed by atoms with Gasteiger partial charge in [-0.15, -0.1) is 0 Å². The van der Waals surface area contributed by atoms with Crippen LogP contribution in [0.1, 0.15) is 55.7 Å². The van der Waals surface area contributed by atoms with Crippen LogP contribution in [0.4, 0.5) is 0 Å². The third-order valence-electron chi connectivity index (χ3n) is 4.88. The van der Waals surface area contributed by atoms with Crippen molar-refractivity contribution in [2.75, 3.05) is 6.54 Å². The average Bonchev–Trinajstić information content (AvgIpc) is 3.26. The fraction of sp³-hybridized carbons (Fsp3) is 0.421. The van der Waals surface area contributed by atoms with Crippen LogP contribution in [0.3, 0.4) is 0 Å². The zero-order valence-electron chi connectivity index (χ0n) is 13.7. The molecule has 0 bridgehead atoms. The molecule has 1 N–H and O–H groups in total.